The van der Waals surface area contributed by atoms with Crippen molar-refractivity contribution in [2.45, 2.75) is 0 Å². The zero-order chi connectivity index (χ0) is 45.8. The number of hydrogen-bond donors (Lipinski definition) is 1. The van der Waals surface area contributed by atoms with Gasteiger partial charge in [0.25, 0.3) is 0 Å². The van der Waals surface area contributed by atoms with Gasteiger partial charge in [-0.2, -0.15) is 0 Å². The van der Waals surface area contributed by atoms with Crippen LogP contribution >= 0.6 is 93.0 Å². The predicted octanol–water partition coefficient (Wildman–Crippen LogP) is 12.0. The second-order valence-corrected chi connectivity index (χ2v) is 16.4. The maximum atomic E-state index is 7.27. The molecule has 4 aromatic carbocycles. The molecular weight excluding hydrogens is 1000 g/mol. The number of benzene rings is 4. The molecule has 0 saturated heterocycles. The fourth-order valence-electron chi connectivity index (χ4n) is 7.83. The van der Waals surface area contributed by atoms with Crippen LogP contribution in [0.15, 0.2) is 6.07 Å². The normalized spacial score (nSPS) is 11.8. The number of hydrogen-bond acceptors (Lipinski definition) is 14. The maximum Gasteiger partial charge on any atom is 0.208 e. The van der Waals surface area contributed by atoms with Gasteiger partial charge in [-0.25, -0.2) is 34.0 Å². The number of fused-ring (bicyclic) bond motifs is 20. The molecule has 0 radical (unpaired) electrons. The van der Waals surface area contributed by atoms with E-state index in [1.54, 1.807) is 6.07 Å². The Balaban J connectivity index is 1.65. The van der Waals surface area contributed by atoms with E-state index in [-0.39, 0.29) is 155 Å². The highest BCUT2D eigenvalue weighted by molar-refractivity contribution is 6.57. The molecule has 64 heavy (non-hydrogen) atoms. The molecule has 2 aliphatic heterocycles. The molecular formula is C40H26Cl8N8O8. The molecule has 0 aliphatic carbocycles. The number of ether oxygens (including phenoxy) is 8. The summed E-state index contributed by atoms with van der Waals surface area (Å²) in [7, 11) is 11.5. The Labute approximate surface area is 401 Å². The first kappa shape index (κ1) is 44.2. The Hall–Kier alpha value is -5.04. The highest BCUT2D eigenvalue weighted by Crippen LogP contribution is 2.59. The first-order valence-corrected chi connectivity index (χ1v) is 21.1. The van der Waals surface area contributed by atoms with E-state index in [0.29, 0.717) is 16.3 Å². The third-order valence-electron chi connectivity index (χ3n) is 10.4. The van der Waals surface area contributed by atoms with Gasteiger partial charge in [0.15, 0.2) is 57.6 Å². The zero-order valence-corrected chi connectivity index (χ0v) is 40.0. The van der Waals surface area contributed by atoms with Gasteiger partial charge in [-0.05, 0) is 6.07 Å². The molecule has 8 bridgehead atoms. The van der Waals surface area contributed by atoms with Crippen molar-refractivity contribution in [2.75, 3.05) is 56.9 Å². The van der Waals surface area contributed by atoms with E-state index in [1.165, 1.54) is 56.9 Å². The Bertz CT molecular complexity index is 3400. The van der Waals surface area contributed by atoms with Gasteiger partial charge in [0.1, 0.15) is 11.3 Å². The lowest BCUT2D eigenvalue weighted by Gasteiger charge is -2.19. The van der Waals surface area contributed by atoms with Crippen molar-refractivity contribution in [3.05, 3.63) is 41.2 Å². The molecule has 16 nitrogen and oxygen atoms in total. The molecule has 0 spiro atoms. The molecule has 1 N–H and O–H groups in total. The number of nitrogens with zero attached hydrogens (tertiary/aromatic N) is 7. The van der Waals surface area contributed by atoms with Crippen molar-refractivity contribution in [2.24, 2.45) is 0 Å². The van der Waals surface area contributed by atoms with Crippen LogP contribution in [-0.4, -0.2) is 95.9 Å². The van der Waals surface area contributed by atoms with Crippen LogP contribution in [0.25, 0.3) is 89.7 Å². The summed E-state index contributed by atoms with van der Waals surface area (Å²) in [5, 5.41) is 0.711. The zero-order valence-electron chi connectivity index (χ0n) is 34.0. The fourth-order valence-corrected chi connectivity index (χ4v) is 9.79. The van der Waals surface area contributed by atoms with E-state index < -0.39 is 0 Å². The van der Waals surface area contributed by atoms with E-state index in [2.05, 4.69) is 4.98 Å². The summed E-state index contributed by atoms with van der Waals surface area (Å²) in [5.41, 5.74) is 1.22. The van der Waals surface area contributed by atoms with Gasteiger partial charge < -0.3 is 42.9 Å². The number of halogens is 8. The van der Waals surface area contributed by atoms with Crippen LogP contribution in [-0.2, 0) is 0 Å². The van der Waals surface area contributed by atoms with Crippen molar-refractivity contribution >= 4 is 137 Å². The minimum absolute atomic E-state index is 0.00432. The van der Waals surface area contributed by atoms with Crippen LogP contribution in [0.3, 0.4) is 0 Å². The molecule has 0 saturated carbocycles. The quantitative estimate of drug-likeness (QED) is 0.113. The Morgan fingerprint density at radius 1 is 0.391 bits per heavy atom. The summed E-state index contributed by atoms with van der Waals surface area (Å²) in [6.07, 6.45) is 0. The first-order chi connectivity index (χ1) is 30.7. The second kappa shape index (κ2) is 16.4. The number of aromatic amines is 1. The fraction of sp³-hybridized carbons (Fsp3) is 0.200. The maximum absolute atomic E-state index is 7.27. The van der Waals surface area contributed by atoms with Crippen LogP contribution < -0.4 is 37.9 Å². The molecule has 330 valence electrons. The third kappa shape index (κ3) is 6.10. The number of aromatic nitrogens is 8. The number of H-pyrrole nitrogens is 1. The molecule has 0 fully saturated rings. The summed E-state index contributed by atoms with van der Waals surface area (Å²) in [6.45, 7) is 0. The van der Waals surface area contributed by atoms with Crippen molar-refractivity contribution < 1.29 is 37.9 Å². The van der Waals surface area contributed by atoms with Gasteiger partial charge in [-0.3, -0.25) is 0 Å². The van der Waals surface area contributed by atoms with Crippen LogP contribution in [0.5, 0.6) is 46.0 Å². The Kier molecular flexibility index (Phi) is 11.3. The molecule has 24 heteroatoms. The monoisotopic (exact) mass is 1030 g/mol. The Morgan fingerprint density at radius 2 is 0.766 bits per heavy atom. The molecule has 0 atom stereocenters. The topological polar surface area (TPSA) is 172 Å². The van der Waals surface area contributed by atoms with E-state index in [1.807, 2.05) is 0 Å². The minimum atomic E-state index is -0.0910. The lowest BCUT2D eigenvalue weighted by Crippen LogP contribution is -2.01. The van der Waals surface area contributed by atoms with Gasteiger partial charge >= 0.3 is 0 Å². The van der Waals surface area contributed by atoms with Crippen molar-refractivity contribution in [1.29, 1.82) is 0 Å². The standard InChI is InChI=1S/C40H26Cl8N8O8/c1-57-25-15-16(26(58-2)30(62-6)29(25)61-5)36-51-35(15)50-33-10-9-11(41)19(42)20(43)12(10)34(49-33)54-39-13-14(22(45)24(47)23(46)21(13)44)40(56(39)48)55-38-18-17(37(52-36)53-38)27(59-3)31(63-7)32(64-8)28(18)60-4/h9H,1-8H3,(H,49,50,51,52,53,54,55). The number of methoxy groups -OCH3 is 8. The molecule has 0 unspecified atom stereocenters. The van der Waals surface area contributed by atoms with E-state index in [4.69, 9.17) is 161 Å². The van der Waals surface area contributed by atoms with Gasteiger partial charge in [0.2, 0.25) is 23.0 Å². The van der Waals surface area contributed by atoms with Crippen LogP contribution in [0.1, 0.15) is 0 Å². The second-order valence-electron chi connectivity index (χ2n) is 13.4. The van der Waals surface area contributed by atoms with E-state index in [0.717, 1.165) is 4.09 Å². The van der Waals surface area contributed by atoms with Crippen molar-refractivity contribution in [1.82, 2.24) is 39.0 Å². The van der Waals surface area contributed by atoms with E-state index in [9.17, 15) is 0 Å². The van der Waals surface area contributed by atoms with Gasteiger partial charge in [-0.15, -0.1) is 0 Å². The summed E-state index contributed by atoms with van der Waals surface area (Å²) in [6, 6.07) is 1.55. The minimum Gasteiger partial charge on any atom is -0.492 e. The number of rotatable bonds is 8. The molecule has 5 heterocycles. The van der Waals surface area contributed by atoms with Gasteiger partial charge in [0.05, 0.1) is 130 Å². The smallest absolute Gasteiger partial charge is 0.208 e. The Morgan fingerprint density at radius 3 is 1.20 bits per heavy atom. The largest absolute Gasteiger partial charge is 0.492 e. The van der Waals surface area contributed by atoms with Crippen LogP contribution in [0.4, 0.5) is 0 Å². The van der Waals surface area contributed by atoms with Crippen molar-refractivity contribution in [3.63, 3.8) is 0 Å². The summed E-state index contributed by atoms with van der Waals surface area (Å²) in [5.74, 6) is 1.32. The highest BCUT2D eigenvalue weighted by atomic mass is 35.5. The number of nitrogens with one attached hydrogen (secondary N) is 1. The van der Waals surface area contributed by atoms with Gasteiger partial charge in [0, 0.05) is 17.3 Å². The lowest BCUT2D eigenvalue weighted by molar-refractivity contribution is 0.307. The summed E-state index contributed by atoms with van der Waals surface area (Å²) in [4.78, 5) is 33.3. The highest BCUT2D eigenvalue weighted by Gasteiger charge is 2.37. The predicted molar refractivity (Wildman–Crippen MR) is 248 cm³/mol. The molecule has 9 rings (SSSR count). The molecule has 0 amide bonds. The SMILES string of the molecule is COc1c(OC)c(OC)c2c(c1OC)-c1nc-2nc2c3c(Cl)c(Cl)c(Cl)c(Cl)c3c(nc3nc(nc4[nH]c(n1)c1c(OC)c(OC)c(OC)c(OC)c41)-c1cc(Cl)c(Cl)c(Cl)c1-3)n2Cl. The van der Waals surface area contributed by atoms with Crippen molar-refractivity contribution in [3.8, 4) is 91.5 Å². The van der Waals surface area contributed by atoms with Crippen LogP contribution in [0, 0.1) is 0 Å². The first-order valence-electron chi connectivity index (χ1n) is 18.1. The molecule has 2 aliphatic rings. The molecule has 3 aromatic heterocycles. The summed E-state index contributed by atoms with van der Waals surface area (Å²) < 4.78 is 48.5. The van der Waals surface area contributed by atoms with Crippen LogP contribution in [0.2, 0.25) is 35.2 Å². The average Bonchev–Trinajstić information content (AvgIpc) is 4.01. The lowest BCUT2D eigenvalue weighted by atomic mass is 10.0. The average molecular weight is 1030 g/mol. The van der Waals surface area contributed by atoms with E-state index >= 15 is 0 Å². The third-order valence-corrected chi connectivity index (χ3v) is 13.8. The summed E-state index contributed by atoms with van der Waals surface area (Å²) >= 11 is 54.9. The molecule has 7 aromatic rings. The van der Waals surface area contributed by atoms with Gasteiger partial charge in [-0.1, -0.05) is 81.2 Å².